The van der Waals surface area contributed by atoms with Gasteiger partial charge in [0.1, 0.15) is 12.2 Å². The number of carboxylic acid groups (broad SMARTS) is 1. The number of aliphatic hydroxyl groups is 2. The fourth-order valence-corrected chi connectivity index (χ4v) is 0.437. The Morgan fingerprint density at radius 3 is 1.54 bits per heavy atom. The van der Waals surface area contributed by atoms with Crippen molar-refractivity contribution in [2.75, 3.05) is 13.2 Å². The Kier molecular flexibility index (Phi) is 12.4. The van der Waals surface area contributed by atoms with Crippen molar-refractivity contribution in [3.63, 3.8) is 0 Å². The second-order valence-corrected chi connectivity index (χ2v) is 2.43. The SMILES string of the molecule is CC(=O)CC(=O)O.OCCCCO. The van der Waals surface area contributed by atoms with Crippen molar-refractivity contribution in [2.45, 2.75) is 26.2 Å². The number of hydrogen-bond donors (Lipinski definition) is 3. The number of carboxylic acids is 1. The van der Waals surface area contributed by atoms with E-state index in [1.54, 1.807) is 0 Å². The average molecular weight is 192 g/mol. The minimum atomic E-state index is -1.06. The minimum Gasteiger partial charge on any atom is -0.481 e. The first-order chi connectivity index (χ1) is 6.04. The number of hydrogen-bond acceptors (Lipinski definition) is 4. The molecular weight excluding hydrogens is 176 g/mol. The van der Waals surface area contributed by atoms with E-state index in [0.29, 0.717) is 0 Å². The van der Waals surface area contributed by atoms with Gasteiger partial charge in [-0.2, -0.15) is 0 Å². The molecule has 13 heavy (non-hydrogen) atoms. The summed E-state index contributed by atoms with van der Waals surface area (Å²) in [6, 6.07) is 0. The Morgan fingerprint density at radius 1 is 1.08 bits per heavy atom. The Balaban J connectivity index is 0. The second kappa shape index (κ2) is 11.1. The average Bonchev–Trinajstić information content (AvgIpc) is 1.99. The fourth-order valence-electron chi connectivity index (χ4n) is 0.437. The molecule has 0 aliphatic rings. The molecule has 78 valence electrons. The third-order valence-electron chi connectivity index (χ3n) is 0.966. The molecule has 0 heterocycles. The highest BCUT2D eigenvalue weighted by Gasteiger charge is 1.98. The van der Waals surface area contributed by atoms with Gasteiger partial charge in [-0.15, -0.1) is 0 Å². The van der Waals surface area contributed by atoms with Crippen molar-refractivity contribution in [3.8, 4) is 0 Å². The van der Waals surface area contributed by atoms with Crippen LogP contribution in [0.25, 0.3) is 0 Å². The highest BCUT2D eigenvalue weighted by molar-refractivity contribution is 5.93. The number of unbranched alkanes of at least 4 members (excludes halogenated alkanes) is 1. The summed E-state index contributed by atoms with van der Waals surface area (Å²) in [5.41, 5.74) is 0. The molecule has 0 saturated heterocycles. The maximum absolute atomic E-state index is 9.87. The van der Waals surface area contributed by atoms with Crippen molar-refractivity contribution < 1.29 is 24.9 Å². The van der Waals surface area contributed by atoms with Crippen molar-refractivity contribution in [2.24, 2.45) is 0 Å². The monoisotopic (exact) mass is 192 g/mol. The zero-order valence-corrected chi connectivity index (χ0v) is 7.69. The smallest absolute Gasteiger partial charge is 0.310 e. The van der Waals surface area contributed by atoms with Crippen LogP contribution in [-0.2, 0) is 9.59 Å². The summed E-state index contributed by atoms with van der Waals surface area (Å²) in [5, 5.41) is 24.0. The molecule has 0 unspecified atom stereocenters. The number of carbonyl (C=O) groups is 2. The third kappa shape index (κ3) is 24.7. The molecule has 5 heteroatoms. The van der Waals surface area contributed by atoms with Gasteiger partial charge in [-0.25, -0.2) is 0 Å². The van der Waals surface area contributed by atoms with E-state index in [0.717, 1.165) is 12.8 Å². The Morgan fingerprint density at radius 2 is 1.46 bits per heavy atom. The molecule has 0 aromatic heterocycles. The van der Waals surface area contributed by atoms with Gasteiger partial charge in [0.2, 0.25) is 0 Å². The molecule has 0 rings (SSSR count). The number of rotatable bonds is 5. The molecule has 0 aromatic rings. The molecule has 0 aromatic carbocycles. The van der Waals surface area contributed by atoms with Gasteiger partial charge >= 0.3 is 5.97 Å². The van der Waals surface area contributed by atoms with E-state index in [2.05, 4.69) is 0 Å². The molecule has 0 aliphatic carbocycles. The van der Waals surface area contributed by atoms with Gasteiger partial charge in [0, 0.05) is 13.2 Å². The van der Waals surface area contributed by atoms with Crippen LogP contribution in [0.5, 0.6) is 0 Å². The van der Waals surface area contributed by atoms with E-state index < -0.39 is 5.97 Å². The lowest BCUT2D eigenvalue weighted by atomic mass is 10.3. The maximum Gasteiger partial charge on any atom is 0.310 e. The number of aliphatic hydroxyl groups excluding tert-OH is 2. The van der Waals surface area contributed by atoms with E-state index in [-0.39, 0.29) is 25.4 Å². The number of aliphatic carboxylic acids is 1. The van der Waals surface area contributed by atoms with Crippen LogP contribution in [0.4, 0.5) is 0 Å². The van der Waals surface area contributed by atoms with Gasteiger partial charge in [-0.3, -0.25) is 9.59 Å². The van der Waals surface area contributed by atoms with Crippen LogP contribution in [0.15, 0.2) is 0 Å². The lowest BCUT2D eigenvalue weighted by molar-refractivity contribution is -0.139. The van der Waals surface area contributed by atoms with Crippen molar-refractivity contribution in [3.05, 3.63) is 0 Å². The van der Waals surface area contributed by atoms with E-state index >= 15 is 0 Å². The highest BCUT2D eigenvalue weighted by atomic mass is 16.4. The van der Waals surface area contributed by atoms with Crippen LogP contribution in [0, 0.1) is 0 Å². The summed E-state index contributed by atoms with van der Waals surface area (Å²) in [6.07, 6.45) is 1.08. The predicted molar refractivity (Wildman–Crippen MR) is 46.3 cm³/mol. The summed E-state index contributed by atoms with van der Waals surface area (Å²) < 4.78 is 0. The summed E-state index contributed by atoms with van der Waals surface area (Å²) in [4.78, 5) is 19.5. The Bertz CT molecular complexity index is 127. The van der Waals surface area contributed by atoms with Crippen LogP contribution < -0.4 is 0 Å². The molecule has 0 fully saturated rings. The zero-order chi connectivity index (χ0) is 10.7. The van der Waals surface area contributed by atoms with Gasteiger partial charge < -0.3 is 15.3 Å². The normalized spacial score (nSPS) is 8.54. The maximum atomic E-state index is 9.87. The summed E-state index contributed by atoms with van der Waals surface area (Å²) in [5.74, 6) is -1.37. The standard InChI is InChI=1S/C4H6O3.C4H10O2/c1-3(5)2-4(6)7;5-3-1-2-4-6/h2H2,1H3,(H,6,7);5-6H,1-4H2. The van der Waals surface area contributed by atoms with Crippen LogP contribution in [0.2, 0.25) is 0 Å². The van der Waals surface area contributed by atoms with Crippen molar-refractivity contribution in [1.82, 2.24) is 0 Å². The molecule has 0 saturated carbocycles. The van der Waals surface area contributed by atoms with Gasteiger partial charge in [0.25, 0.3) is 0 Å². The van der Waals surface area contributed by atoms with Gasteiger partial charge in [-0.05, 0) is 19.8 Å². The number of carbonyl (C=O) groups excluding carboxylic acids is 1. The first kappa shape index (κ1) is 14.6. The van der Waals surface area contributed by atoms with Crippen molar-refractivity contribution in [1.29, 1.82) is 0 Å². The molecule has 5 nitrogen and oxygen atoms in total. The van der Waals surface area contributed by atoms with E-state index in [1.807, 2.05) is 0 Å². The van der Waals surface area contributed by atoms with Crippen molar-refractivity contribution >= 4 is 11.8 Å². The van der Waals surface area contributed by atoms with Gasteiger partial charge in [-0.1, -0.05) is 0 Å². The lowest BCUT2D eigenvalue weighted by Gasteiger charge is -1.85. The first-order valence-electron chi connectivity index (χ1n) is 3.97. The molecule has 0 spiro atoms. The molecule has 0 aliphatic heterocycles. The quantitative estimate of drug-likeness (QED) is 0.414. The van der Waals surface area contributed by atoms with E-state index in [9.17, 15) is 9.59 Å². The summed E-state index contributed by atoms with van der Waals surface area (Å²) in [7, 11) is 0. The minimum absolute atomic E-state index is 0.195. The van der Waals surface area contributed by atoms with Crippen LogP contribution in [0.3, 0.4) is 0 Å². The third-order valence-corrected chi connectivity index (χ3v) is 0.966. The fraction of sp³-hybridized carbons (Fsp3) is 0.750. The van der Waals surface area contributed by atoms with Crippen LogP contribution in [-0.4, -0.2) is 40.3 Å². The van der Waals surface area contributed by atoms with E-state index in [4.69, 9.17) is 15.3 Å². The van der Waals surface area contributed by atoms with E-state index in [1.165, 1.54) is 6.92 Å². The number of ketones is 1. The summed E-state index contributed by atoms with van der Waals surface area (Å²) >= 11 is 0. The molecule has 0 atom stereocenters. The predicted octanol–water partition coefficient (Wildman–Crippen LogP) is -0.199. The second-order valence-electron chi connectivity index (χ2n) is 2.43. The molecule has 0 radical (unpaired) electrons. The molecule has 0 bridgehead atoms. The lowest BCUT2D eigenvalue weighted by Crippen LogP contribution is -2.00. The Hall–Kier alpha value is -0.940. The van der Waals surface area contributed by atoms with Gasteiger partial charge in [0.05, 0.1) is 0 Å². The molecule has 3 N–H and O–H groups in total. The summed E-state index contributed by atoms with van der Waals surface area (Å²) in [6.45, 7) is 1.63. The highest BCUT2D eigenvalue weighted by Crippen LogP contribution is 1.80. The largest absolute Gasteiger partial charge is 0.481 e. The Labute approximate surface area is 77.0 Å². The number of Topliss-reactive ketones (excluding diaryl/α,β-unsaturated/α-hetero) is 1. The first-order valence-corrected chi connectivity index (χ1v) is 3.97. The molecule has 0 amide bonds. The zero-order valence-electron chi connectivity index (χ0n) is 7.69. The van der Waals surface area contributed by atoms with Crippen LogP contribution in [0.1, 0.15) is 26.2 Å². The molecular formula is C8H16O5. The van der Waals surface area contributed by atoms with Gasteiger partial charge in [0.15, 0.2) is 0 Å². The topological polar surface area (TPSA) is 94.8 Å². The van der Waals surface area contributed by atoms with Crippen LogP contribution >= 0.6 is 0 Å².